The first-order valence-corrected chi connectivity index (χ1v) is 6.03. The first-order valence-electron chi connectivity index (χ1n) is 6.03. The van der Waals surface area contributed by atoms with E-state index in [4.69, 9.17) is 0 Å². The van der Waals surface area contributed by atoms with E-state index in [0.717, 1.165) is 12.8 Å². The molecule has 0 bridgehead atoms. The highest BCUT2D eigenvalue weighted by molar-refractivity contribution is 5.77. The van der Waals surface area contributed by atoms with Crippen molar-refractivity contribution in [3.63, 3.8) is 0 Å². The zero-order chi connectivity index (χ0) is 13.0. The summed E-state index contributed by atoms with van der Waals surface area (Å²) in [5.74, 6) is -0.618. The Morgan fingerprint density at radius 1 is 1.44 bits per heavy atom. The van der Waals surface area contributed by atoms with E-state index in [2.05, 4.69) is 5.32 Å². The summed E-state index contributed by atoms with van der Waals surface area (Å²) in [5.41, 5.74) is 0.426. The Labute approximate surface area is 105 Å². The molecule has 0 radical (unpaired) electrons. The Kier molecular flexibility index (Phi) is 4.10. The lowest BCUT2D eigenvalue weighted by Crippen LogP contribution is -2.33. The quantitative estimate of drug-likeness (QED) is 0.803. The van der Waals surface area contributed by atoms with Crippen molar-refractivity contribution in [3.8, 4) is 0 Å². The Morgan fingerprint density at radius 3 is 2.83 bits per heavy atom. The second kappa shape index (κ2) is 5.78. The molecule has 0 aliphatic heterocycles. The van der Waals surface area contributed by atoms with Gasteiger partial charge in [-0.15, -0.1) is 0 Å². The molecule has 0 saturated carbocycles. The minimum absolute atomic E-state index is 0.0417. The molecule has 1 aromatic carbocycles. The first kappa shape index (κ1) is 12.8. The molecule has 0 heterocycles. The second-order valence-corrected chi connectivity index (χ2v) is 4.48. The standard InChI is InChI=1S/C14H16FNO2/c15-11-5-3-4-10(8-11)13(17)9-14(18)16-12-6-1-2-7-12/h1-5,8,12-13,17H,6-7,9H2,(H,16,18). The van der Waals surface area contributed by atoms with Crippen LogP contribution in [0.2, 0.25) is 0 Å². The van der Waals surface area contributed by atoms with Crippen LogP contribution in [-0.2, 0) is 4.79 Å². The normalized spacial score (nSPS) is 16.8. The lowest BCUT2D eigenvalue weighted by Gasteiger charge is -2.15. The van der Waals surface area contributed by atoms with Gasteiger partial charge in [-0.2, -0.15) is 0 Å². The number of amides is 1. The van der Waals surface area contributed by atoms with Gasteiger partial charge in [-0.05, 0) is 30.5 Å². The number of aliphatic hydroxyl groups excluding tert-OH is 1. The summed E-state index contributed by atoms with van der Waals surface area (Å²) in [6.45, 7) is 0. The van der Waals surface area contributed by atoms with Crippen LogP contribution < -0.4 is 5.32 Å². The zero-order valence-electron chi connectivity index (χ0n) is 9.97. The minimum Gasteiger partial charge on any atom is -0.388 e. The average Bonchev–Trinajstić information content (AvgIpc) is 2.81. The number of nitrogens with one attached hydrogen (secondary N) is 1. The molecule has 18 heavy (non-hydrogen) atoms. The van der Waals surface area contributed by atoms with Crippen LogP contribution in [-0.4, -0.2) is 17.1 Å². The molecular formula is C14H16FNO2. The summed E-state index contributed by atoms with van der Waals surface area (Å²) >= 11 is 0. The van der Waals surface area contributed by atoms with Crippen LogP contribution in [0.25, 0.3) is 0 Å². The van der Waals surface area contributed by atoms with E-state index in [9.17, 15) is 14.3 Å². The number of benzene rings is 1. The third-order valence-corrected chi connectivity index (χ3v) is 2.99. The maximum atomic E-state index is 13.0. The van der Waals surface area contributed by atoms with Crippen LogP contribution in [0.3, 0.4) is 0 Å². The summed E-state index contributed by atoms with van der Waals surface area (Å²) in [6.07, 6.45) is 4.71. The molecule has 2 N–H and O–H groups in total. The van der Waals surface area contributed by atoms with Crippen LogP contribution in [0, 0.1) is 5.82 Å². The highest BCUT2D eigenvalue weighted by Crippen LogP contribution is 2.18. The molecule has 0 spiro atoms. The van der Waals surface area contributed by atoms with Gasteiger partial charge in [0.05, 0.1) is 12.5 Å². The van der Waals surface area contributed by atoms with Gasteiger partial charge < -0.3 is 10.4 Å². The van der Waals surface area contributed by atoms with E-state index in [1.54, 1.807) is 6.07 Å². The third-order valence-electron chi connectivity index (χ3n) is 2.99. The first-order chi connectivity index (χ1) is 8.65. The molecule has 2 rings (SSSR count). The summed E-state index contributed by atoms with van der Waals surface area (Å²) in [5, 5.41) is 12.7. The molecule has 1 unspecified atom stereocenters. The van der Waals surface area contributed by atoms with Gasteiger partial charge in [0.15, 0.2) is 0 Å². The van der Waals surface area contributed by atoms with Crippen LogP contribution in [0.1, 0.15) is 30.9 Å². The zero-order valence-corrected chi connectivity index (χ0v) is 9.97. The van der Waals surface area contributed by atoms with Crippen LogP contribution in [0.4, 0.5) is 4.39 Å². The van der Waals surface area contributed by atoms with Crippen molar-refractivity contribution < 1.29 is 14.3 Å². The number of aliphatic hydroxyl groups is 1. The van der Waals surface area contributed by atoms with Crippen molar-refractivity contribution in [3.05, 3.63) is 47.8 Å². The Bertz CT molecular complexity index is 451. The van der Waals surface area contributed by atoms with E-state index in [1.165, 1.54) is 18.2 Å². The molecule has 4 heteroatoms. The second-order valence-electron chi connectivity index (χ2n) is 4.48. The van der Waals surface area contributed by atoms with Gasteiger partial charge in [0.25, 0.3) is 0 Å². The molecular weight excluding hydrogens is 233 g/mol. The maximum absolute atomic E-state index is 13.0. The summed E-state index contributed by atoms with van der Waals surface area (Å²) < 4.78 is 13.0. The lowest BCUT2D eigenvalue weighted by molar-refractivity contribution is -0.123. The summed E-state index contributed by atoms with van der Waals surface area (Å²) in [4.78, 5) is 11.7. The maximum Gasteiger partial charge on any atom is 0.223 e. The Hall–Kier alpha value is -1.68. The van der Waals surface area contributed by atoms with Crippen LogP contribution >= 0.6 is 0 Å². The van der Waals surface area contributed by atoms with Crippen molar-refractivity contribution in [2.24, 2.45) is 0 Å². The molecule has 0 aromatic heterocycles. The average molecular weight is 249 g/mol. The fraction of sp³-hybridized carbons (Fsp3) is 0.357. The van der Waals surface area contributed by atoms with E-state index in [0.29, 0.717) is 5.56 Å². The van der Waals surface area contributed by atoms with Crippen molar-refractivity contribution in [2.45, 2.75) is 31.4 Å². The summed E-state index contributed by atoms with van der Waals surface area (Å²) in [7, 11) is 0. The molecule has 1 amide bonds. The molecule has 1 atom stereocenters. The molecule has 96 valence electrons. The summed E-state index contributed by atoms with van der Waals surface area (Å²) in [6, 6.07) is 5.82. The van der Waals surface area contributed by atoms with E-state index in [-0.39, 0.29) is 18.4 Å². The fourth-order valence-electron chi connectivity index (χ4n) is 2.03. The number of carbonyl (C=O) groups is 1. The van der Waals surface area contributed by atoms with Gasteiger partial charge in [-0.3, -0.25) is 4.79 Å². The highest BCUT2D eigenvalue weighted by atomic mass is 19.1. The van der Waals surface area contributed by atoms with Gasteiger partial charge in [0.1, 0.15) is 5.82 Å². The number of carbonyl (C=O) groups excluding carboxylic acids is 1. The number of rotatable bonds is 4. The molecule has 0 saturated heterocycles. The smallest absolute Gasteiger partial charge is 0.223 e. The lowest BCUT2D eigenvalue weighted by atomic mass is 10.1. The SMILES string of the molecule is O=C(CC(O)c1cccc(F)c1)NC1CC=CC1. The van der Waals surface area contributed by atoms with Gasteiger partial charge in [0.2, 0.25) is 5.91 Å². The number of halogens is 1. The van der Waals surface area contributed by atoms with Crippen molar-refractivity contribution in [1.29, 1.82) is 0 Å². The Morgan fingerprint density at radius 2 is 2.17 bits per heavy atom. The topological polar surface area (TPSA) is 49.3 Å². The van der Waals surface area contributed by atoms with Crippen molar-refractivity contribution >= 4 is 5.91 Å². The van der Waals surface area contributed by atoms with E-state index < -0.39 is 11.9 Å². The van der Waals surface area contributed by atoms with Gasteiger partial charge in [0, 0.05) is 6.04 Å². The van der Waals surface area contributed by atoms with E-state index in [1.807, 2.05) is 12.2 Å². The number of hydrogen-bond acceptors (Lipinski definition) is 2. The monoisotopic (exact) mass is 249 g/mol. The van der Waals surface area contributed by atoms with Crippen LogP contribution in [0.15, 0.2) is 36.4 Å². The highest BCUT2D eigenvalue weighted by Gasteiger charge is 2.17. The molecule has 1 aromatic rings. The molecule has 3 nitrogen and oxygen atoms in total. The van der Waals surface area contributed by atoms with Crippen LogP contribution in [0.5, 0.6) is 0 Å². The minimum atomic E-state index is -0.963. The third kappa shape index (κ3) is 3.40. The number of hydrogen-bond donors (Lipinski definition) is 2. The predicted molar refractivity (Wildman–Crippen MR) is 66.3 cm³/mol. The van der Waals surface area contributed by atoms with Gasteiger partial charge in [-0.1, -0.05) is 24.3 Å². The molecule has 0 fully saturated rings. The van der Waals surface area contributed by atoms with Gasteiger partial charge in [-0.25, -0.2) is 4.39 Å². The van der Waals surface area contributed by atoms with Gasteiger partial charge >= 0.3 is 0 Å². The van der Waals surface area contributed by atoms with E-state index >= 15 is 0 Å². The molecule has 1 aliphatic carbocycles. The Balaban J connectivity index is 1.86. The van der Waals surface area contributed by atoms with Crippen molar-refractivity contribution in [2.75, 3.05) is 0 Å². The predicted octanol–water partition coefficient (Wildman–Crippen LogP) is 2.08. The largest absolute Gasteiger partial charge is 0.388 e. The fourth-order valence-corrected chi connectivity index (χ4v) is 2.03. The van der Waals surface area contributed by atoms with Crippen molar-refractivity contribution in [1.82, 2.24) is 5.32 Å². The molecule has 1 aliphatic rings.